The number of amides is 1. The largest absolute Gasteiger partial charge is 0.396 e. The highest BCUT2D eigenvalue weighted by atomic mass is 19.1. The van der Waals surface area contributed by atoms with Crippen LogP contribution in [0.5, 0.6) is 0 Å². The Hall–Kier alpha value is -1.57. The number of aliphatic hydroxyl groups is 2. The lowest BCUT2D eigenvalue weighted by Crippen LogP contribution is -2.40. The molecule has 7 heteroatoms. The molecule has 1 aromatic carbocycles. The van der Waals surface area contributed by atoms with Crippen LogP contribution in [-0.4, -0.2) is 71.9 Å². The highest BCUT2D eigenvalue weighted by molar-refractivity contribution is 5.94. The van der Waals surface area contributed by atoms with Crippen LogP contribution in [0.1, 0.15) is 23.2 Å². The number of hydrogen-bond donors (Lipinski definition) is 2. The molecule has 0 saturated carbocycles. The van der Waals surface area contributed by atoms with E-state index in [9.17, 15) is 23.8 Å². The molecule has 2 heterocycles. The molecule has 1 amide bonds. The number of likely N-dealkylation sites (tertiary alicyclic amines) is 2. The average Bonchev–Trinajstić information content (AvgIpc) is 3.05. The Morgan fingerprint density at radius 2 is 1.77 bits per heavy atom. The van der Waals surface area contributed by atoms with Crippen molar-refractivity contribution in [3.05, 3.63) is 35.4 Å². The Bertz CT molecular complexity index is 635. The molecule has 2 atom stereocenters. The van der Waals surface area contributed by atoms with E-state index in [0.717, 1.165) is 44.6 Å². The van der Waals surface area contributed by atoms with Crippen molar-refractivity contribution in [2.24, 2.45) is 17.8 Å². The minimum absolute atomic E-state index is 0.0204. The molecule has 0 radical (unpaired) electrons. The fourth-order valence-electron chi connectivity index (χ4n) is 4.03. The molecule has 5 nitrogen and oxygen atoms in total. The first kappa shape index (κ1) is 19.2. The van der Waals surface area contributed by atoms with E-state index in [-0.39, 0.29) is 30.6 Å². The molecule has 0 aromatic heterocycles. The van der Waals surface area contributed by atoms with Gasteiger partial charge in [-0.25, -0.2) is 8.78 Å². The Balaban J connectivity index is 1.62. The minimum Gasteiger partial charge on any atom is -0.396 e. The summed E-state index contributed by atoms with van der Waals surface area (Å²) in [6.45, 7) is 3.63. The third-order valence-electron chi connectivity index (χ3n) is 5.72. The van der Waals surface area contributed by atoms with Crippen molar-refractivity contribution in [3.8, 4) is 0 Å². The summed E-state index contributed by atoms with van der Waals surface area (Å²) in [6.07, 6.45) is 1.91. The normalized spacial score (nSPS) is 25.0. The second-order valence-electron chi connectivity index (χ2n) is 7.46. The molecule has 1 aromatic rings. The number of hydrogen-bond acceptors (Lipinski definition) is 4. The second kappa shape index (κ2) is 8.41. The Morgan fingerprint density at radius 1 is 1.08 bits per heavy atom. The maximum Gasteiger partial charge on any atom is 0.256 e. The molecule has 0 bridgehead atoms. The predicted molar refractivity (Wildman–Crippen MR) is 92.6 cm³/mol. The molecule has 0 unspecified atom stereocenters. The van der Waals surface area contributed by atoms with Gasteiger partial charge in [0.25, 0.3) is 5.91 Å². The van der Waals surface area contributed by atoms with Crippen LogP contribution in [0.25, 0.3) is 0 Å². The zero-order chi connectivity index (χ0) is 18.7. The molecule has 2 N–H and O–H groups in total. The molecule has 0 aliphatic carbocycles. The van der Waals surface area contributed by atoms with Crippen molar-refractivity contribution in [3.63, 3.8) is 0 Å². The number of nitrogens with zero attached hydrogens (tertiary/aromatic N) is 2. The third kappa shape index (κ3) is 4.22. The SMILES string of the molecule is O=C(c1ccc(F)cc1F)N1C[C@@H](CO)[C@@H](CN2CCC(CO)CC2)C1. The van der Waals surface area contributed by atoms with Crippen LogP contribution in [-0.2, 0) is 0 Å². The maximum absolute atomic E-state index is 13.9. The van der Waals surface area contributed by atoms with E-state index in [1.807, 2.05) is 0 Å². The van der Waals surface area contributed by atoms with E-state index < -0.39 is 17.5 Å². The quantitative estimate of drug-likeness (QED) is 0.824. The lowest BCUT2D eigenvalue weighted by Gasteiger charge is -2.33. The van der Waals surface area contributed by atoms with Gasteiger partial charge in [0.05, 0.1) is 5.56 Å². The van der Waals surface area contributed by atoms with Gasteiger partial charge in [-0.2, -0.15) is 0 Å². The molecular formula is C19H26F2N2O3. The van der Waals surface area contributed by atoms with Crippen LogP contribution >= 0.6 is 0 Å². The molecule has 0 spiro atoms. The minimum atomic E-state index is -0.856. The van der Waals surface area contributed by atoms with Gasteiger partial charge in [0.2, 0.25) is 0 Å². The summed E-state index contributed by atoms with van der Waals surface area (Å²) in [6, 6.07) is 2.97. The molecule has 3 rings (SSSR count). The Morgan fingerprint density at radius 3 is 2.38 bits per heavy atom. The number of carbonyl (C=O) groups is 1. The standard InChI is InChI=1S/C19H26F2N2O3/c20-16-1-2-17(18(21)7-16)19(26)23-9-14(15(10-23)12-25)8-22-5-3-13(11-24)4-6-22/h1-2,7,13-15,24-25H,3-6,8-12H2/t14-,15-/m0/s1. The Kier molecular flexibility index (Phi) is 6.21. The van der Waals surface area contributed by atoms with Gasteiger partial charge in [-0.1, -0.05) is 0 Å². The highest BCUT2D eigenvalue weighted by Crippen LogP contribution is 2.28. The first-order valence-electron chi connectivity index (χ1n) is 9.20. The van der Waals surface area contributed by atoms with Crippen molar-refractivity contribution in [1.29, 1.82) is 0 Å². The van der Waals surface area contributed by atoms with Crippen molar-refractivity contribution in [1.82, 2.24) is 9.80 Å². The van der Waals surface area contributed by atoms with Gasteiger partial charge in [-0.3, -0.25) is 4.79 Å². The number of halogens is 2. The lowest BCUT2D eigenvalue weighted by atomic mass is 9.93. The maximum atomic E-state index is 13.9. The molecule has 2 aliphatic rings. The fraction of sp³-hybridized carbons (Fsp3) is 0.632. The average molecular weight is 368 g/mol. The van der Waals surface area contributed by atoms with Crippen molar-refractivity contribution < 1.29 is 23.8 Å². The monoisotopic (exact) mass is 368 g/mol. The van der Waals surface area contributed by atoms with Crippen LogP contribution in [0.15, 0.2) is 18.2 Å². The molecule has 26 heavy (non-hydrogen) atoms. The summed E-state index contributed by atoms with van der Waals surface area (Å²) in [5.74, 6) is -1.58. The lowest BCUT2D eigenvalue weighted by molar-refractivity contribution is 0.0771. The fourth-order valence-corrected chi connectivity index (χ4v) is 4.03. The number of rotatable bonds is 5. The topological polar surface area (TPSA) is 64.0 Å². The molecule has 2 saturated heterocycles. The van der Waals surface area contributed by atoms with E-state index in [4.69, 9.17) is 0 Å². The highest BCUT2D eigenvalue weighted by Gasteiger charge is 2.37. The third-order valence-corrected chi connectivity index (χ3v) is 5.72. The van der Waals surface area contributed by atoms with Gasteiger partial charge in [0, 0.05) is 44.8 Å². The smallest absolute Gasteiger partial charge is 0.256 e. The van der Waals surface area contributed by atoms with Crippen LogP contribution in [0.3, 0.4) is 0 Å². The number of benzene rings is 1. The van der Waals surface area contributed by atoms with Crippen molar-refractivity contribution >= 4 is 5.91 Å². The van der Waals surface area contributed by atoms with E-state index >= 15 is 0 Å². The number of piperidine rings is 1. The van der Waals surface area contributed by atoms with Gasteiger partial charge in [0.15, 0.2) is 0 Å². The molecule has 2 aliphatic heterocycles. The van der Waals surface area contributed by atoms with E-state index in [0.29, 0.717) is 19.0 Å². The van der Waals surface area contributed by atoms with E-state index in [1.165, 1.54) is 6.07 Å². The zero-order valence-corrected chi connectivity index (χ0v) is 14.8. The summed E-state index contributed by atoms with van der Waals surface area (Å²) in [4.78, 5) is 16.5. The van der Waals surface area contributed by atoms with Gasteiger partial charge in [-0.15, -0.1) is 0 Å². The van der Waals surface area contributed by atoms with Crippen molar-refractivity contribution in [2.45, 2.75) is 12.8 Å². The molecular weight excluding hydrogens is 342 g/mol. The van der Waals surface area contributed by atoms with Crippen LogP contribution in [0.2, 0.25) is 0 Å². The van der Waals surface area contributed by atoms with E-state index in [2.05, 4.69) is 4.90 Å². The van der Waals surface area contributed by atoms with Crippen LogP contribution < -0.4 is 0 Å². The second-order valence-corrected chi connectivity index (χ2v) is 7.46. The Labute approximate surface area is 152 Å². The summed E-state index contributed by atoms with van der Waals surface area (Å²) in [5.41, 5.74) is -0.132. The summed E-state index contributed by atoms with van der Waals surface area (Å²) in [5, 5.41) is 18.9. The molecule has 2 fully saturated rings. The summed E-state index contributed by atoms with van der Waals surface area (Å²) >= 11 is 0. The van der Waals surface area contributed by atoms with Crippen LogP contribution in [0, 0.1) is 29.4 Å². The number of aliphatic hydroxyl groups excluding tert-OH is 2. The van der Waals surface area contributed by atoms with E-state index in [1.54, 1.807) is 4.90 Å². The summed E-state index contributed by atoms with van der Waals surface area (Å²) < 4.78 is 27.0. The van der Waals surface area contributed by atoms with Crippen LogP contribution in [0.4, 0.5) is 8.78 Å². The predicted octanol–water partition coefficient (Wildman–Crippen LogP) is 1.35. The summed E-state index contributed by atoms with van der Waals surface area (Å²) in [7, 11) is 0. The number of carbonyl (C=O) groups excluding carboxylic acids is 1. The van der Waals surface area contributed by atoms with Crippen molar-refractivity contribution in [2.75, 3.05) is 45.9 Å². The van der Waals surface area contributed by atoms with Gasteiger partial charge < -0.3 is 20.0 Å². The first-order valence-corrected chi connectivity index (χ1v) is 9.20. The van der Waals surface area contributed by atoms with Gasteiger partial charge >= 0.3 is 0 Å². The zero-order valence-electron chi connectivity index (χ0n) is 14.8. The first-order chi connectivity index (χ1) is 12.5. The van der Waals surface area contributed by atoms with Gasteiger partial charge in [0.1, 0.15) is 11.6 Å². The van der Waals surface area contributed by atoms with Gasteiger partial charge in [-0.05, 0) is 49.9 Å². The molecule has 144 valence electrons.